The Bertz CT molecular complexity index is 821. The fraction of sp³-hybridized carbons (Fsp3) is 0.421. The van der Waals surface area contributed by atoms with Crippen LogP contribution < -0.4 is 0 Å². The Morgan fingerprint density at radius 1 is 0.963 bits per heavy atom. The van der Waals surface area contributed by atoms with Crippen LogP contribution in [0.3, 0.4) is 0 Å². The van der Waals surface area contributed by atoms with E-state index in [1.807, 2.05) is 0 Å². The minimum atomic E-state index is -4.43. The van der Waals surface area contributed by atoms with E-state index in [0.717, 1.165) is 37.2 Å². The van der Waals surface area contributed by atoms with Gasteiger partial charge < -0.3 is 0 Å². The van der Waals surface area contributed by atoms with Crippen LogP contribution in [0.2, 0.25) is 0 Å². The van der Waals surface area contributed by atoms with Crippen LogP contribution in [0.1, 0.15) is 23.2 Å². The van der Waals surface area contributed by atoms with Crippen LogP contribution in [0.5, 0.6) is 0 Å². The topological polar surface area (TPSA) is 19.4 Å². The second-order valence-corrected chi connectivity index (χ2v) is 7.19. The first kappa shape index (κ1) is 18.3. The van der Waals surface area contributed by atoms with Gasteiger partial charge in [0, 0.05) is 56.1 Å². The Balaban J connectivity index is 1.36. The van der Waals surface area contributed by atoms with Gasteiger partial charge in [-0.05, 0) is 24.1 Å². The van der Waals surface area contributed by atoms with Crippen LogP contribution in [-0.2, 0) is 19.3 Å². The number of pyridine rings is 1. The number of rotatable bonds is 4. The molecule has 2 aliphatic rings. The molecule has 0 radical (unpaired) electrons. The minimum Gasteiger partial charge on any atom is -0.293 e. The van der Waals surface area contributed by atoms with Gasteiger partial charge in [0.25, 0.3) is 0 Å². The Morgan fingerprint density at radius 3 is 2.22 bits per heavy atom. The van der Waals surface area contributed by atoms with Gasteiger partial charge in [-0.3, -0.25) is 14.8 Å². The zero-order chi connectivity index (χ0) is 19.2. The lowest BCUT2D eigenvalue weighted by molar-refractivity contribution is -0.141. The molecule has 27 heavy (non-hydrogen) atoms. The zero-order valence-corrected chi connectivity index (χ0v) is 14.4. The van der Waals surface area contributed by atoms with Crippen LogP contribution in [0, 0.1) is 11.6 Å². The molecule has 3 nitrogen and oxygen atoms in total. The van der Waals surface area contributed by atoms with Crippen molar-refractivity contribution in [3.8, 4) is 0 Å². The quantitative estimate of drug-likeness (QED) is 0.748. The number of hydrogen-bond acceptors (Lipinski definition) is 3. The van der Waals surface area contributed by atoms with E-state index in [2.05, 4.69) is 14.8 Å². The fourth-order valence-electron chi connectivity index (χ4n) is 4.01. The summed E-state index contributed by atoms with van der Waals surface area (Å²) in [5.74, 6) is -1.12. The lowest BCUT2D eigenvalue weighted by atomic mass is 10.1. The predicted molar refractivity (Wildman–Crippen MR) is 88.6 cm³/mol. The summed E-state index contributed by atoms with van der Waals surface area (Å²) in [4.78, 5) is 7.92. The van der Waals surface area contributed by atoms with Crippen molar-refractivity contribution < 1.29 is 22.0 Å². The molecule has 3 heterocycles. The van der Waals surface area contributed by atoms with Gasteiger partial charge in [0.2, 0.25) is 0 Å². The summed E-state index contributed by atoms with van der Waals surface area (Å²) >= 11 is 0. The summed E-state index contributed by atoms with van der Waals surface area (Å²) in [7, 11) is 0. The summed E-state index contributed by atoms with van der Waals surface area (Å²) in [5, 5.41) is 0. The standard InChI is InChI=1S/C19H18F5N3/c20-14-3-2-13(17(21)5-14)9-27-11-15-6-16(27)10-26(15)8-12-1-4-18(25-7-12)19(22,23)24/h1-5,7,15-16H,6,8-11H2. The fourth-order valence-corrected chi connectivity index (χ4v) is 4.01. The number of halogens is 5. The van der Waals surface area contributed by atoms with Gasteiger partial charge in [-0.25, -0.2) is 8.78 Å². The highest BCUT2D eigenvalue weighted by molar-refractivity contribution is 5.20. The second kappa shape index (κ2) is 6.83. The van der Waals surface area contributed by atoms with E-state index in [1.54, 1.807) is 0 Å². The molecule has 0 saturated carbocycles. The average molecular weight is 383 g/mol. The van der Waals surface area contributed by atoms with E-state index in [1.165, 1.54) is 24.4 Å². The predicted octanol–water partition coefficient (Wildman–Crippen LogP) is 3.84. The maximum absolute atomic E-state index is 13.9. The molecule has 4 rings (SSSR count). The second-order valence-electron chi connectivity index (χ2n) is 7.19. The molecule has 0 N–H and O–H groups in total. The third kappa shape index (κ3) is 3.82. The SMILES string of the molecule is Fc1ccc(CN2CC3CC2CN3Cc2ccc(C(F)(F)F)nc2)c(F)c1. The number of nitrogens with zero attached hydrogens (tertiary/aromatic N) is 3. The Hall–Kier alpha value is -2.06. The van der Waals surface area contributed by atoms with E-state index in [9.17, 15) is 22.0 Å². The Kier molecular flexibility index (Phi) is 4.63. The Morgan fingerprint density at radius 2 is 1.67 bits per heavy atom. The van der Waals surface area contributed by atoms with Crippen molar-refractivity contribution in [1.29, 1.82) is 0 Å². The van der Waals surface area contributed by atoms with Crippen LogP contribution in [0.25, 0.3) is 0 Å². The van der Waals surface area contributed by atoms with E-state index in [-0.39, 0.29) is 12.1 Å². The van der Waals surface area contributed by atoms with E-state index in [0.29, 0.717) is 18.7 Å². The number of likely N-dealkylation sites (tertiary alicyclic amines) is 2. The molecule has 144 valence electrons. The highest BCUT2D eigenvalue weighted by Crippen LogP contribution is 2.33. The van der Waals surface area contributed by atoms with Crippen LogP contribution >= 0.6 is 0 Å². The first-order chi connectivity index (χ1) is 12.8. The summed E-state index contributed by atoms with van der Waals surface area (Å²) in [6.45, 7) is 2.51. The highest BCUT2D eigenvalue weighted by Gasteiger charge is 2.43. The van der Waals surface area contributed by atoms with Gasteiger partial charge in [-0.15, -0.1) is 0 Å². The van der Waals surface area contributed by atoms with Crippen LogP contribution in [-0.4, -0.2) is 40.0 Å². The molecule has 1 aromatic carbocycles. The number of hydrogen-bond donors (Lipinski definition) is 0. The van der Waals surface area contributed by atoms with Gasteiger partial charge in [0.15, 0.2) is 0 Å². The lowest BCUT2D eigenvalue weighted by Gasteiger charge is -2.34. The lowest BCUT2D eigenvalue weighted by Crippen LogP contribution is -2.45. The molecule has 2 fully saturated rings. The molecule has 1 aromatic heterocycles. The molecule has 2 saturated heterocycles. The van der Waals surface area contributed by atoms with Gasteiger partial charge >= 0.3 is 6.18 Å². The number of alkyl halides is 3. The number of piperazine rings is 1. The largest absolute Gasteiger partial charge is 0.433 e. The normalized spacial score (nSPS) is 23.3. The van der Waals surface area contributed by atoms with Crippen molar-refractivity contribution in [2.45, 2.75) is 37.8 Å². The van der Waals surface area contributed by atoms with E-state index < -0.39 is 23.5 Å². The summed E-state index contributed by atoms with van der Waals surface area (Å²) < 4.78 is 64.7. The molecule has 0 aliphatic carbocycles. The Labute approximate surface area is 153 Å². The minimum absolute atomic E-state index is 0.266. The van der Waals surface area contributed by atoms with Crippen molar-refractivity contribution >= 4 is 0 Å². The molecule has 8 heteroatoms. The number of aromatic nitrogens is 1. The molecule has 2 unspecified atom stereocenters. The van der Waals surface area contributed by atoms with Crippen molar-refractivity contribution in [3.63, 3.8) is 0 Å². The molecular formula is C19H18F5N3. The van der Waals surface area contributed by atoms with Gasteiger partial charge in [-0.1, -0.05) is 12.1 Å². The number of benzene rings is 1. The van der Waals surface area contributed by atoms with Crippen molar-refractivity contribution in [1.82, 2.24) is 14.8 Å². The van der Waals surface area contributed by atoms with Crippen molar-refractivity contribution in [2.75, 3.05) is 13.1 Å². The highest BCUT2D eigenvalue weighted by atomic mass is 19.4. The van der Waals surface area contributed by atoms with Crippen LogP contribution in [0.4, 0.5) is 22.0 Å². The molecule has 0 amide bonds. The van der Waals surface area contributed by atoms with Crippen molar-refractivity contribution in [3.05, 3.63) is 65.0 Å². The van der Waals surface area contributed by atoms with Gasteiger partial charge in [-0.2, -0.15) is 13.2 Å². The molecule has 2 bridgehead atoms. The summed E-state index contributed by atoms with van der Waals surface area (Å²) in [6.07, 6.45) is -2.21. The van der Waals surface area contributed by atoms with Gasteiger partial charge in [0.1, 0.15) is 17.3 Å². The van der Waals surface area contributed by atoms with E-state index >= 15 is 0 Å². The first-order valence-electron chi connectivity index (χ1n) is 8.74. The zero-order valence-electron chi connectivity index (χ0n) is 14.4. The van der Waals surface area contributed by atoms with Crippen LogP contribution in [0.15, 0.2) is 36.5 Å². The number of fused-ring (bicyclic) bond motifs is 2. The summed E-state index contributed by atoms with van der Waals surface area (Å²) in [6, 6.07) is 6.65. The molecular weight excluding hydrogens is 365 g/mol. The summed E-state index contributed by atoms with van der Waals surface area (Å²) in [5.41, 5.74) is 0.329. The smallest absolute Gasteiger partial charge is 0.293 e. The third-order valence-corrected chi connectivity index (χ3v) is 5.36. The molecule has 2 aliphatic heterocycles. The maximum atomic E-state index is 13.9. The third-order valence-electron chi connectivity index (χ3n) is 5.36. The molecule has 2 atom stereocenters. The van der Waals surface area contributed by atoms with E-state index in [4.69, 9.17) is 0 Å². The molecule has 2 aromatic rings. The van der Waals surface area contributed by atoms with Gasteiger partial charge in [0.05, 0.1) is 0 Å². The molecule has 0 spiro atoms. The first-order valence-corrected chi connectivity index (χ1v) is 8.74. The average Bonchev–Trinajstić information content (AvgIpc) is 3.17. The monoisotopic (exact) mass is 383 g/mol. The maximum Gasteiger partial charge on any atom is 0.433 e. The van der Waals surface area contributed by atoms with Crippen molar-refractivity contribution in [2.24, 2.45) is 0 Å².